The van der Waals surface area contributed by atoms with Crippen LogP contribution in [0.25, 0.3) is 0 Å². The number of carboxylic acids is 1. The largest absolute Gasteiger partial charge is 0.481 e. The highest BCUT2D eigenvalue weighted by molar-refractivity contribution is 7.90. The summed E-state index contributed by atoms with van der Waals surface area (Å²) >= 11 is 0. The Labute approximate surface area is 121 Å². The van der Waals surface area contributed by atoms with Crippen LogP contribution in [-0.2, 0) is 15.0 Å². The fraction of sp³-hybridized carbons (Fsp3) is 0.727. The average Bonchev–Trinajstić information content (AvgIpc) is 3.20. The van der Waals surface area contributed by atoms with Crippen molar-refractivity contribution in [3.63, 3.8) is 0 Å². The molecule has 9 nitrogen and oxygen atoms in total. The quantitative estimate of drug-likeness (QED) is 0.805. The number of nitrogens with one attached hydrogen (secondary N) is 1. The van der Waals surface area contributed by atoms with Crippen molar-refractivity contribution < 1.29 is 22.7 Å². The first kappa shape index (κ1) is 14.3. The van der Waals surface area contributed by atoms with Crippen LogP contribution < -0.4 is 4.72 Å². The molecule has 0 bridgehead atoms. The molecule has 1 aliphatic carbocycles. The Bertz CT molecular complexity index is 639. The van der Waals surface area contributed by atoms with E-state index in [4.69, 9.17) is 9.52 Å². The van der Waals surface area contributed by atoms with Crippen LogP contribution in [0.15, 0.2) is 4.42 Å². The number of aromatic nitrogens is 2. The lowest BCUT2D eigenvalue weighted by molar-refractivity contribution is -0.142. The van der Waals surface area contributed by atoms with Gasteiger partial charge >= 0.3 is 22.2 Å². The standard InChI is InChI=1S/C11H16N4O5S/c16-10(17)8-2-1-5-15(6-8)21(18,19)14-11-13-12-9(20-11)7-3-4-7/h7-8H,1-6H2,(H,13,14)(H,16,17). The van der Waals surface area contributed by atoms with Gasteiger partial charge in [-0.2, -0.15) is 12.7 Å². The topological polar surface area (TPSA) is 126 Å². The van der Waals surface area contributed by atoms with Crippen LogP contribution in [-0.4, -0.2) is 47.1 Å². The predicted molar refractivity (Wildman–Crippen MR) is 70.7 cm³/mol. The predicted octanol–water partition coefficient (Wildman–Crippen LogP) is 0.400. The van der Waals surface area contributed by atoms with Gasteiger partial charge in [-0.3, -0.25) is 4.79 Å². The summed E-state index contributed by atoms with van der Waals surface area (Å²) in [5, 5.41) is 16.5. The molecule has 3 rings (SSSR count). The summed E-state index contributed by atoms with van der Waals surface area (Å²) in [5.41, 5.74) is 0. The highest BCUT2D eigenvalue weighted by atomic mass is 32.2. The minimum Gasteiger partial charge on any atom is -0.481 e. The van der Waals surface area contributed by atoms with Gasteiger partial charge in [0, 0.05) is 19.0 Å². The Morgan fingerprint density at radius 1 is 1.33 bits per heavy atom. The number of carbonyl (C=O) groups is 1. The minimum atomic E-state index is -3.87. The first-order valence-electron chi connectivity index (χ1n) is 6.80. The van der Waals surface area contributed by atoms with Gasteiger partial charge in [0.2, 0.25) is 5.89 Å². The molecule has 1 aromatic heterocycles. The van der Waals surface area contributed by atoms with Crippen molar-refractivity contribution in [2.24, 2.45) is 5.92 Å². The molecule has 0 aromatic carbocycles. The zero-order chi connectivity index (χ0) is 15.0. The number of anilines is 1. The molecule has 10 heteroatoms. The molecule has 2 heterocycles. The lowest BCUT2D eigenvalue weighted by atomic mass is 10.0. The zero-order valence-electron chi connectivity index (χ0n) is 11.2. The summed E-state index contributed by atoms with van der Waals surface area (Å²) in [7, 11) is -3.87. The molecule has 1 saturated heterocycles. The van der Waals surface area contributed by atoms with Crippen molar-refractivity contribution in [2.45, 2.75) is 31.6 Å². The molecule has 2 fully saturated rings. The molecule has 0 radical (unpaired) electrons. The maximum atomic E-state index is 12.2. The smallest absolute Gasteiger partial charge is 0.330 e. The van der Waals surface area contributed by atoms with Gasteiger partial charge in [0.1, 0.15) is 0 Å². The Hall–Kier alpha value is -1.68. The molecule has 1 aliphatic heterocycles. The van der Waals surface area contributed by atoms with Crippen LogP contribution in [0.3, 0.4) is 0 Å². The molecule has 1 unspecified atom stereocenters. The molecule has 1 aromatic rings. The Morgan fingerprint density at radius 2 is 2.10 bits per heavy atom. The highest BCUT2D eigenvalue weighted by Crippen LogP contribution is 2.39. The third kappa shape index (κ3) is 3.16. The summed E-state index contributed by atoms with van der Waals surface area (Å²) < 4.78 is 33.0. The highest BCUT2D eigenvalue weighted by Gasteiger charge is 2.34. The molecule has 0 amide bonds. The van der Waals surface area contributed by atoms with Crippen molar-refractivity contribution >= 4 is 22.2 Å². The number of piperidine rings is 1. The zero-order valence-corrected chi connectivity index (χ0v) is 12.0. The normalized spacial score (nSPS) is 23.9. The lowest BCUT2D eigenvalue weighted by Gasteiger charge is -2.29. The monoisotopic (exact) mass is 316 g/mol. The number of hydrogen-bond donors (Lipinski definition) is 2. The van der Waals surface area contributed by atoms with Crippen molar-refractivity contribution in [1.82, 2.24) is 14.5 Å². The van der Waals surface area contributed by atoms with E-state index < -0.39 is 22.1 Å². The number of aliphatic carboxylic acids is 1. The fourth-order valence-corrected chi connectivity index (χ4v) is 3.49. The molecule has 1 atom stereocenters. The fourth-order valence-electron chi connectivity index (χ4n) is 2.31. The summed E-state index contributed by atoms with van der Waals surface area (Å²) in [4.78, 5) is 11.0. The Morgan fingerprint density at radius 3 is 2.76 bits per heavy atom. The van der Waals surface area contributed by atoms with Crippen molar-refractivity contribution in [1.29, 1.82) is 0 Å². The average molecular weight is 316 g/mol. The van der Waals surface area contributed by atoms with E-state index in [0.717, 1.165) is 17.1 Å². The van der Waals surface area contributed by atoms with Gasteiger partial charge in [0.05, 0.1) is 5.92 Å². The van der Waals surface area contributed by atoms with E-state index in [-0.39, 0.29) is 25.0 Å². The van der Waals surface area contributed by atoms with Crippen LogP contribution >= 0.6 is 0 Å². The van der Waals surface area contributed by atoms with Crippen molar-refractivity contribution in [2.75, 3.05) is 17.8 Å². The van der Waals surface area contributed by atoms with Gasteiger partial charge in [0.25, 0.3) is 0 Å². The SMILES string of the molecule is O=C(O)C1CCCN(S(=O)(=O)Nc2nnc(C3CC3)o2)C1. The number of carboxylic acid groups (broad SMARTS) is 1. The second-order valence-corrected chi connectivity index (χ2v) is 7.03. The maximum Gasteiger partial charge on any atom is 0.330 e. The van der Waals surface area contributed by atoms with E-state index in [9.17, 15) is 13.2 Å². The second kappa shape index (κ2) is 5.26. The van der Waals surface area contributed by atoms with Crippen LogP contribution in [0.2, 0.25) is 0 Å². The summed E-state index contributed by atoms with van der Waals surface area (Å²) in [6, 6.07) is -0.172. The van der Waals surface area contributed by atoms with Crippen LogP contribution in [0.1, 0.15) is 37.5 Å². The summed E-state index contributed by atoms with van der Waals surface area (Å²) in [6.07, 6.45) is 2.93. The van der Waals surface area contributed by atoms with E-state index in [2.05, 4.69) is 14.9 Å². The van der Waals surface area contributed by atoms with E-state index in [1.807, 2.05) is 0 Å². The Balaban J connectivity index is 1.68. The number of nitrogens with zero attached hydrogens (tertiary/aromatic N) is 3. The molecule has 2 aliphatic rings. The molecule has 0 spiro atoms. The third-order valence-electron chi connectivity index (χ3n) is 3.66. The molecule has 1 saturated carbocycles. The van der Waals surface area contributed by atoms with E-state index >= 15 is 0 Å². The van der Waals surface area contributed by atoms with Gasteiger partial charge < -0.3 is 9.52 Å². The van der Waals surface area contributed by atoms with Gasteiger partial charge in [-0.25, -0.2) is 4.72 Å². The van der Waals surface area contributed by atoms with E-state index in [1.54, 1.807) is 0 Å². The molecular weight excluding hydrogens is 300 g/mol. The second-order valence-electron chi connectivity index (χ2n) is 5.36. The summed E-state index contributed by atoms with van der Waals surface area (Å²) in [6.45, 7) is 0.233. The summed E-state index contributed by atoms with van der Waals surface area (Å²) in [5.74, 6) is -0.986. The molecular formula is C11H16N4O5S. The number of rotatable bonds is 5. The first-order chi connectivity index (χ1) is 9.95. The van der Waals surface area contributed by atoms with Crippen LogP contribution in [0.4, 0.5) is 6.01 Å². The maximum absolute atomic E-state index is 12.2. The lowest BCUT2D eigenvalue weighted by Crippen LogP contribution is -2.44. The van der Waals surface area contributed by atoms with Crippen molar-refractivity contribution in [3.05, 3.63) is 5.89 Å². The van der Waals surface area contributed by atoms with E-state index in [1.165, 1.54) is 0 Å². The third-order valence-corrected chi connectivity index (χ3v) is 5.10. The van der Waals surface area contributed by atoms with Crippen molar-refractivity contribution in [3.8, 4) is 0 Å². The van der Waals surface area contributed by atoms with Crippen LogP contribution in [0, 0.1) is 5.92 Å². The van der Waals surface area contributed by atoms with Crippen LogP contribution in [0.5, 0.6) is 0 Å². The molecule has 116 valence electrons. The van der Waals surface area contributed by atoms with E-state index in [0.29, 0.717) is 18.7 Å². The van der Waals surface area contributed by atoms with Gasteiger partial charge in [-0.1, -0.05) is 5.10 Å². The molecule has 21 heavy (non-hydrogen) atoms. The molecule has 2 N–H and O–H groups in total. The first-order valence-corrected chi connectivity index (χ1v) is 8.24. The number of hydrogen-bond acceptors (Lipinski definition) is 6. The van der Waals surface area contributed by atoms with Gasteiger partial charge in [0.15, 0.2) is 0 Å². The minimum absolute atomic E-state index is 0.0473. The Kier molecular flexibility index (Phi) is 3.57. The van der Waals surface area contributed by atoms with Gasteiger partial charge in [-0.05, 0) is 25.7 Å². The van der Waals surface area contributed by atoms with Gasteiger partial charge in [-0.15, -0.1) is 5.10 Å².